The minimum absolute atomic E-state index is 0.0334. The van der Waals surface area contributed by atoms with Gasteiger partial charge in [-0.2, -0.15) is 4.31 Å². The first-order valence-corrected chi connectivity index (χ1v) is 8.54. The maximum Gasteiger partial charge on any atom is 0.244 e. The van der Waals surface area contributed by atoms with Crippen molar-refractivity contribution < 1.29 is 13.5 Å². The minimum atomic E-state index is -3.49. The van der Waals surface area contributed by atoms with Gasteiger partial charge in [0.1, 0.15) is 0 Å². The van der Waals surface area contributed by atoms with Crippen LogP contribution in [0.1, 0.15) is 6.42 Å². The predicted octanol–water partition coefficient (Wildman–Crippen LogP) is 2.21. The lowest BCUT2D eigenvalue weighted by Crippen LogP contribution is -2.29. The quantitative estimate of drug-likeness (QED) is 0.849. The molecule has 7 heteroatoms. The van der Waals surface area contributed by atoms with Gasteiger partial charge in [-0.05, 0) is 46.5 Å². The van der Waals surface area contributed by atoms with Crippen molar-refractivity contribution in [3.8, 4) is 0 Å². The molecule has 1 saturated heterocycles. The average molecular weight is 399 g/mol. The fourth-order valence-corrected chi connectivity index (χ4v) is 4.97. The number of halogens is 2. The van der Waals surface area contributed by atoms with Crippen LogP contribution >= 0.6 is 31.9 Å². The van der Waals surface area contributed by atoms with Crippen molar-refractivity contribution in [1.82, 2.24) is 4.31 Å². The topological polar surface area (TPSA) is 57.6 Å². The summed E-state index contributed by atoms with van der Waals surface area (Å²) in [5, 5.41) is 9.08. The van der Waals surface area contributed by atoms with Crippen LogP contribution in [0.3, 0.4) is 0 Å². The van der Waals surface area contributed by atoms with Crippen molar-refractivity contribution in [2.45, 2.75) is 11.3 Å². The van der Waals surface area contributed by atoms with E-state index in [1.54, 1.807) is 18.2 Å². The highest BCUT2D eigenvalue weighted by Crippen LogP contribution is 2.30. The van der Waals surface area contributed by atoms with Gasteiger partial charge in [0.05, 0.1) is 4.90 Å². The second-order valence-corrected chi connectivity index (χ2v) is 7.95. The molecule has 1 heterocycles. The number of nitrogens with zero attached hydrogens (tertiary/aromatic N) is 1. The van der Waals surface area contributed by atoms with E-state index in [0.29, 0.717) is 24.0 Å². The van der Waals surface area contributed by atoms with Crippen LogP contribution in [0.4, 0.5) is 0 Å². The number of sulfonamides is 1. The molecule has 1 unspecified atom stereocenters. The van der Waals surface area contributed by atoms with Crippen LogP contribution in [-0.2, 0) is 10.0 Å². The van der Waals surface area contributed by atoms with Crippen molar-refractivity contribution in [3.05, 3.63) is 27.1 Å². The van der Waals surface area contributed by atoms with Gasteiger partial charge >= 0.3 is 0 Å². The fraction of sp³-hybridized carbons (Fsp3) is 0.455. The van der Waals surface area contributed by atoms with Gasteiger partial charge in [-0.1, -0.05) is 15.9 Å². The Morgan fingerprint density at radius 1 is 1.39 bits per heavy atom. The zero-order chi connectivity index (χ0) is 13.3. The minimum Gasteiger partial charge on any atom is -0.396 e. The van der Waals surface area contributed by atoms with E-state index in [4.69, 9.17) is 5.11 Å². The molecule has 0 spiro atoms. The number of hydrogen-bond donors (Lipinski definition) is 1. The normalized spacial score (nSPS) is 21.4. The summed E-state index contributed by atoms with van der Waals surface area (Å²) >= 11 is 6.55. The smallest absolute Gasteiger partial charge is 0.244 e. The van der Waals surface area contributed by atoms with E-state index in [1.807, 2.05) is 0 Å². The number of aliphatic hydroxyl groups is 1. The first kappa shape index (κ1) is 14.5. The first-order chi connectivity index (χ1) is 8.45. The Morgan fingerprint density at radius 2 is 2.11 bits per heavy atom. The Balaban J connectivity index is 2.34. The molecule has 0 bridgehead atoms. The SMILES string of the molecule is O=S(=O)(c1cc(Br)ccc1Br)N1CCC(CO)C1. The molecule has 1 aliphatic rings. The van der Waals surface area contributed by atoms with Gasteiger partial charge in [0, 0.05) is 28.6 Å². The summed E-state index contributed by atoms with van der Waals surface area (Å²) in [4.78, 5) is 0.260. The first-order valence-electron chi connectivity index (χ1n) is 5.51. The van der Waals surface area contributed by atoms with Crippen molar-refractivity contribution in [2.75, 3.05) is 19.7 Å². The predicted molar refractivity (Wildman–Crippen MR) is 75.8 cm³/mol. The zero-order valence-electron chi connectivity index (χ0n) is 9.51. The number of benzene rings is 1. The summed E-state index contributed by atoms with van der Waals surface area (Å²) in [5.74, 6) is 0.0469. The standard InChI is InChI=1S/C11H13Br2NO3S/c12-9-1-2-10(13)11(5-9)18(16,17)14-4-3-8(6-14)7-15/h1-2,5,8,15H,3-4,6-7H2. The van der Waals surface area contributed by atoms with Crippen LogP contribution in [0.5, 0.6) is 0 Å². The molecule has 18 heavy (non-hydrogen) atoms. The van der Waals surface area contributed by atoms with E-state index in [9.17, 15) is 8.42 Å². The summed E-state index contributed by atoms with van der Waals surface area (Å²) < 4.78 is 27.6. The third-order valence-electron chi connectivity index (χ3n) is 3.02. The molecule has 4 nitrogen and oxygen atoms in total. The highest BCUT2D eigenvalue weighted by atomic mass is 79.9. The Labute approximate surface area is 123 Å². The second kappa shape index (κ2) is 5.58. The third kappa shape index (κ3) is 2.80. The lowest BCUT2D eigenvalue weighted by atomic mass is 10.1. The van der Waals surface area contributed by atoms with Crippen LogP contribution in [0, 0.1) is 5.92 Å². The van der Waals surface area contributed by atoms with E-state index < -0.39 is 10.0 Å². The van der Waals surface area contributed by atoms with Gasteiger partial charge in [0.2, 0.25) is 10.0 Å². The van der Waals surface area contributed by atoms with Crippen LogP contribution in [0.25, 0.3) is 0 Å². The van der Waals surface area contributed by atoms with Crippen molar-refractivity contribution in [1.29, 1.82) is 0 Å². The lowest BCUT2D eigenvalue weighted by Gasteiger charge is -2.17. The van der Waals surface area contributed by atoms with E-state index in [2.05, 4.69) is 31.9 Å². The maximum absolute atomic E-state index is 12.5. The molecule has 1 aliphatic heterocycles. The maximum atomic E-state index is 12.5. The molecular formula is C11H13Br2NO3S. The Bertz CT molecular complexity index is 547. The zero-order valence-corrected chi connectivity index (χ0v) is 13.5. The van der Waals surface area contributed by atoms with Crippen LogP contribution in [-0.4, -0.2) is 37.5 Å². The molecule has 2 rings (SSSR count). The Morgan fingerprint density at radius 3 is 2.72 bits per heavy atom. The molecule has 0 saturated carbocycles. The number of aliphatic hydroxyl groups excluding tert-OH is 1. The van der Waals surface area contributed by atoms with Gasteiger partial charge < -0.3 is 5.11 Å². The van der Waals surface area contributed by atoms with E-state index in [0.717, 1.165) is 4.47 Å². The molecular weight excluding hydrogens is 386 g/mol. The highest BCUT2D eigenvalue weighted by Gasteiger charge is 2.33. The van der Waals surface area contributed by atoms with E-state index in [-0.39, 0.29) is 17.4 Å². The Kier molecular flexibility index (Phi) is 4.48. The highest BCUT2D eigenvalue weighted by molar-refractivity contribution is 9.11. The molecule has 1 aromatic rings. The van der Waals surface area contributed by atoms with Gasteiger partial charge in [-0.25, -0.2) is 8.42 Å². The monoisotopic (exact) mass is 397 g/mol. The van der Waals surface area contributed by atoms with Gasteiger partial charge in [0.25, 0.3) is 0 Å². The summed E-state index contributed by atoms with van der Waals surface area (Å²) in [6, 6.07) is 5.08. The third-order valence-corrected chi connectivity index (χ3v) is 6.37. The Hall–Kier alpha value is 0.0500. The lowest BCUT2D eigenvalue weighted by molar-refractivity contribution is 0.233. The van der Waals surface area contributed by atoms with Gasteiger partial charge in [-0.3, -0.25) is 0 Å². The van der Waals surface area contributed by atoms with Gasteiger partial charge in [-0.15, -0.1) is 0 Å². The molecule has 0 aromatic heterocycles. The largest absolute Gasteiger partial charge is 0.396 e. The molecule has 0 aliphatic carbocycles. The second-order valence-electron chi connectivity index (χ2n) is 4.28. The molecule has 0 amide bonds. The van der Waals surface area contributed by atoms with Crippen molar-refractivity contribution in [3.63, 3.8) is 0 Å². The summed E-state index contributed by atoms with van der Waals surface area (Å²) in [5.41, 5.74) is 0. The number of hydrogen-bond acceptors (Lipinski definition) is 3. The molecule has 100 valence electrons. The summed E-state index contributed by atoms with van der Waals surface area (Å²) in [6.45, 7) is 0.885. The molecule has 1 fully saturated rings. The molecule has 0 radical (unpaired) electrons. The van der Waals surface area contributed by atoms with Crippen molar-refractivity contribution in [2.24, 2.45) is 5.92 Å². The van der Waals surface area contributed by atoms with Crippen LogP contribution in [0.2, 0.25) is 0 Å². The average Bonchev–Trinajstić information content (AvgIpc) is 2.81. The van der Waals surface area contributed by atoms with E-state index in [1.165, 1.54) is 4.31 Å². The van der Waals surface area contributed by atoms with Crippen molar-refractivity contribution >= 4 is 41.9 Å². The van der Waals surface area contributed by atoms with E-state index >= 15 is 0 Å². The fourth-order valence-electron chi connectivity index (χ4n) is 1.98. The summed E-state index contributed by atoms with van der Waals surface area (Å²) in [7, 11) is -3.49. The summed E-state index contributed by atoms with van der Waals surface area (Å²) in [6.07, 6.45) is 0.710. The van der Waals surface area contributed by atoms with Crippen LogP contribution < -0.4 is 0 Å². The molecule has 1 N–H and O–H groups in total. The number of rotatable bonds is 3. The van der Waals surface area contributed by atoms with Gasteiger partial charge in [0.15, 0.2) is 0 Å². The molecule has 1 atom stereocenters. The molecule has 1 aromatic carbocycles. The van der Waals surface area contributed by atoms with Crippen LogP contribution in [0.15, 0.2) is 32.0 Å².